The molecule has 0 bridgehead atoms. The van der Waals surface area contributed by atoms with Gasteiger partial charge >= 0.3 is 0 Å². The van der Waals surface area contributed by atoms with E-state index in [1.165, 1.54) is 11.1 Å². The van der Waals surface area contributed by atoms with Gasteiger partial charge in [0.1, 0.15) is 0 Å². The van der Waals surface area contributed by atoms with Gasteiger partial charge in [0.25, 0.3) is 0 Å². The fourth-order valence-corrected chi connectivity index (χ4v) is 2.15. The summed E-state index contributed by atoms with van der Waals surface area (Å²) in [5, 5.41) is 11.7. The number of nitrogens with zero attached hydrogens (tertiary/aromatic N) is 4. The van der Waals surface area contributed by atoms with Crippen LogP contribution in [0, 0.1) is 6.92 Å². The molecule has 19 heavy (non-hydrogen) atoms. The Morgan fingerprint density at radius 1 is 1.42 bits per heavy atom. The Kier molecular flexibility index (Phi) is 4.63. The van der Waals surface area contributed by atoms with Crippen molar-refractivity contribution >= 4 is 0 Å². The van der Waals surface area contributed by atoms with Crippen molar-refractivity contribution in [2.75, 3.05) is 6.54 Å². The van der Waals surface area contributed by atoms with E-state index in [4.69, 9.17) is 0 Å². The third kappa shape index (κ3) is 3.61. The zero-order valence-electron chi connectivity index (χ0n) is 11.8. The fourth-order valence-electron chi connectivity index (χ4n) is 2.15. The first-order chi connectivity index (χ1) is 9.20. The van der Waals surface area contributed by atoms with Crippen molar-refractivity contribution in [3.63, 3.8) is 0 Å². The van der Waals surface area contributed by atoms with E-state index in [-0.39, 0.29) is 6.04 Å². The summed E-state index contributed by atoms with van der Waals surface area (Å²) in [6, 6.07) is 2.29. The summed E-state index contributed by atoms with van der Waals surface area (Å²) >= 11 is 0. The minimum absolute atomic E-state index is 0.241. The van der Waals surface area contributed by atoms with E-state index in [1.54, 1.807) is 4.68 Å². The van der Waals surface area contributed by atoms with Crippen LogP contribution in [0.5, 0.6) is 0 Å². The highest BCUT2D eigenvalue weighted by atomic mass is 15.4. The molecule has 2 rings (SSSR count). The Morgan fingerprint density at radius 2 is 2.26 bits per heavy atom. The molecule has 2 aromatic rings. The molecule has 1 atom stereocenters. The van der Waals surface area contributed by atoms with E-state index in [9.17, 15) is 0 Å². The number of rotatable bonds is 6. The molecule has 1 N–H and O–H groups in total. The monoisotopic (exact) mass is 259 g/mol. The molecule has 0 amide bonds. The molecule has 5 heteroatoms. The van der Waals surface area contributed by atoms with Gasteiger partial charge in [0.15, 0.2) is 0 Å². The Balaban J connectivity index is 2.18. The molecule has 2 heterocycles. The molecule has 0 saturated carbocycles. The van der Waals surface area contributed by atoms with Crippen molar-refractivity contribution in [1.82, 2.24) is 25.3 Å². The second-order valence-corrected chi connectivity index (χ2v) is 4.83. The third-order valence-corrected chi connectivity index (χ3v) is 3.16. The molecule has 102 valence electrons. The molecule has 0 fully saturated rings. The molecule has 0 radical (unpaired) electrons. The standard InChI is InChI=1S/C14H21N5/c1-4-6-16-14(8-12-10-19(3)18-17-12)13-9-15-7-5-11(13)2/h5,7,9-10,14,16H,4,6,8H2,1-3H3. The first-order valence-electron chi connectivity index (χ1n) is 6.69. The van der Waals surface area contributed by atoms with Crippen LogP contribution in [-0.4, -0.2) is 26.5 Å². The van der Waals surface area contributed by atoms with Crippen LogP contribution in [0.4, 0.5) is 0 Å². The van der Waals surface area contributed by atoms with E-state index in [0.29, 0.717) is 0 Å². The summed E-state index contributed by atoms with van der Waals surface area (Å²) in [4.78, 5) is 4.24. The topological polar surface area (TPSA) is 55.6 Å². The molecule has 5 nitrogen and oxygen atoms in total. The van der Waals surface area contributed by atoms with Gasteiger partial charge in [-0.15, -0.1) is 5.10 Å². The number of nitrogens with one attached hydrogen (secondary N) is 1. The van der Waals surface area contributed by atoms with Gasteiger partial charge in [-0.25, -0.2) is 0 Å². The molecule has 0 aliphatic rings. The van der Waals surface area contributed by atoms with Gasteiger partial charge in [-0.3, -0.25) is 9.67 Å². The van der Waals surface area contributed by atoms with Crippen molar-refractivity contribution < 1.29 is 0 Å². The maximum atomic E-state index is 4.24. The van der Waals surface area contributed by atoms with E-state index >= 15 is 0 Å². The SMILES string of the molecule is CCCNC(Cc1cn(C)nn1)c1cnccc1C. The summed E-state index contributed by atoms with van der Waals surface area (Å²) in [5.41, 5.74) is 3.49. The number of pyridine rings is 1. The van der Waals surface area contributed by atoms with E-state index < -0.39 is 0 Å². The highest BCUT2D eigenvalue weighted by molar-refractivity contribution is 5.26. The number of aromatic nitrogens is 4. The first-order valence-corrected chi connectivity index (χ1v) is 6.69. The van der Waals surface area contributed by atoms with Crippen molar-refractivity contribution in [3.8, 4) is 0 Å². The van der Waals surface area contributed by atoms with Crippen molar-refractivity contribution in [1.29, 1.82) is 0 Å². The molecule has 0 aliphatic carbocycles. The van der Waals surface area contributed by atoms with Crippen LogP contribution in [-0.2, 0) is 13.5 Å². The van der Waals surface area contributed by atoms with Crippen LogP contribution < -0.4 is 5.32 Å². The summed E-state index contributed by atoms with van der Waals surface area (Å²) in [6.45, 7) is 5.27. The van der Waals surface area contributed by atoms with Gasteiger partial charge in [-0.1, -0.05) is 12.1 Å². The molecule has 2 aromatic heterocycles. The zero-order valence-corrected chi connectivity index (χ0v) is 11.8. The average Bonchev–Trinajstić information content (AvgIpc) is 2.81. The van der Waals surface area contributed by atoms with Crippen molar-refractivity contribution in [3.05, 3.63) is 41.5 Å². The largest absolute Gasteiger partial charge is 0.310 e. The predicted octanol–water partition coefficient (Wildman–Crippen LogP) is 1.80. The second kappa shape index (κ2) is 6.43. The van der Waals surface area contributed by atoms with Gasteiger partial charge in [-0.2, -0.15) is 0 Å². The van der Waals surface area contributed by atoms with Crippen LogP contribution >= 0.6 is 0 Å². The van der Waals surface area contributed by atoms with Gasteiger partial charge in [-0.05, 0) is 37.1 Å². The van der Waals surface area contributed by atoms with Crippen molar-refractivity contribution in [2.24, 2.45) is 7.05 Å². The van der Waals surface area contributed by atoms with Gasteiger partial charge < -0.3 is 5.32 Å². The summed E-state index contributed by atoms with van der Waals surface area (Å²) < 4.78 is 1.74. The van der Waals surface area contributed by atoms with Crippen LogP contribution in [0.25, 0.3) is 0 Å². The molecule has 0 spiro atoms. The van der Waals surface area contributed by atoms with Crippen LogP contribution in [0.2, 0.25) is 0 Å². The molecular weight excluding hydrogens is 238 g/mol. The lowest BCUT2D eigenvalue weighted by molar-refractivity contribution is 0.520. The minimum Gasteiger partial charge on any atom is -0.310 e. The summed E-state index contributed by atoms with van der Waals surface area (Å²) in [7, 11) is 1.89. The van der Waals surface area contributed by atoms with Crippen LogP contribution in [0.1, 0.15) is 36.2 Å². The van der Waals surface area contributed by atoms with Crippen LogP contribution in [0.3, 0.4) is 0 Å². The molecular formula is C14H21N5. The lowest BCUT2D eigenvalue weighted by Crippen LogP contribution is -2.25. The Labute approximate surface area is 114 Å². The van der Waals surface area contributed by atoms with Gasteiger partial charge in [0.2, 0.25) is 0 Å². The summed E-state index contributed by atoms with van der Waals surface area (Å²) in [5.74, 6) is 0. The molecule has 0 saturated heterocycles. The highest BCUT2D eigenvalue weighted by Gasteiger charge is 2.15. The second-order valence-electron chi connectivity index (χ2n) is 4.83. The highest BCUT2D eigenvalue weighted by Crippen LogP contribution is 2.20. The lowest BCUT2D eigenvalue weighted by atomic mass is 10.00. The lowest BCUT2D eigenvalue weighted by Gasteiger charge is -2.19. The predicted molar refractivity (Wildman–Crippen MR) is 74.7 cm³/mol. The van der Waals surface area contributed by atoms with Crippen LogP contribution in [0.15, 0.2) is 24.7 Å². The summed E-state index contributed by atoms with van der Waals surface area (Å²) in [6.07, 6.45) is 7.68. The Bertz CT molecular complexity index is 520. The smallest absolute Gasteiger partial charge is 0.0845 e. The molecule has 1 unspecified atom stereocenters. The maximum absolute atomic E-state index is 4.24. The van der Waals surface area contributed by atoms with Crippen molar-refractivity contribution in [2.45, 2.75) is 32.7 Å². The van der Waals surface area contributed by atoms with E-state index in [0.717, 1.165) is 25.1 Å². The number of hydrogen-bond acceptors (Lipinski definition) is 4. The average molecular weight is 259 g/mol. The number of hydrogen-bond donors (Lipinski definition) is 1. The molecule has 0 aliphatic heterocycles. The third-order valence-electron chi connectivity index (χ3n) is 3.16. The minimum atomic E-state index is 0.241. The zero-order chi connectivity index (χ0) is 13.7. The van der Waals surface area contributed by atoms with Gasteiger partial charge in [0, 0.05) is 38.1 Å². The molecule has 0 aromatic carbocycles. The maximum Gasteiger partial charge on any atom is 0.0845 e. The quantitative estimate of drug-likeness (QED) is 0.859. The fraction of sp³-hybridized carbons (Fsp3) is 0.500. The van der Waals surface area contributed by atoms with Gasteiger partial charge in [0.05, 0.1) is 5.69 Å². The Hall–Kier alpha value is -1.75. The number of aryl methyl sites for hydroxylation is 2. The normalized spacial score (nSPS) is 12.6. The first kappa shape index (κ1) is 13.7. The Morgan fingerprint density at radius 3 is 2.89 bits per heavy atom. The van der Waals surface area contributed by atoms with E-state index in [1.807, 2.05) is 31.7 Å². The van der Waals surface area contributed by atoms with E-state index in [2.05, 4.69) is 34.5 Å².